The second-order valence-electron chi connectivity index (χ2n) is 5.97. The number of nitriles is 1. The number of hydrogen-bond acceptors (Lipinski definition) is 4. The Morgan fingerprint density at radius 2 is 2.09 bits per heavy atom. The first kappa shape index (κ1) is 14.5. The maximum absolute atomic E-state index is 9.15. The summed E-state index contributed by atoms with van der Waals surface area (Å²) in [6, 6.07) is 6.25. The van der Waals surface area contributed by atoms with Gasteiger partial charge in [0.15, 0.2) is 6.19 Å². The van der Waals surface area contributed by atoms with E-state index in [1.54, 1.807) is 12.0 Å². The molecule has 0 spiro atoms. The lowest BCUT2D eigenvalue weighted by Crippen LogP contribution is -2.10. The molecule has 3 rings (SSSR count). The van der Waals surface area contributed by atoms with Gasteiger partial charge in [-0.1, -0.05) is 19.9 Å². The monoisotopic (exact) mass is 296 g/mol. The summed E-state index contributed by atoms with van der Waals surface area (Å²) >= 11 is 0. The topological polar surface area (TPSA) is 54.1 Å². The molecule has 0 amide bonds. The van der Waals surface area contributed by atoms with Gasteiger partial charge >= 0.3 is 0 Å². The normalized spacial score (nSPS) is 13.4. The summed E-state index contributed by atoms with van der Waals surface area (Å²) in [5.74, 6) is 1.26. The molecule has 5 nitrogen and oxygen atoms in total. The Bertz CT molecular complexity index is 755. The fourth-order valence-electron chi connectivity index (χ4n) is 2.95. The van der Waals surface area contributed by atoms with Crippen molar-refractivity contribution in [2.45, 2.75) is 32.9 Å². The van der Waals surface area contributed by atoms with E-state index in [4.69, 9.17) is 10.00 Å². The minimum absolute atomic E-state index is 0.442. The molecule has 0 bridgehead atoms. The Labute approximate surface area is 130 Å². The molecule has 0 N–H and O–H groups in total. The van der Waals surface area contributed by atoms with Gasteiger partial charge in [-0.05, 0) is 23.6 Å². The van der Waals surface area contributed by atoms with E-state index in [1.807, 2.05) is 17.8 Å². The molecule has 0 atom stereocenters. The Morgan fingerprint density at radius 3 is 2.73 bits per heavy atom. The maximum Gasteiger partial charge on any atom is 0.180 e. The lowest BCUT2D eigenvalue weighted by atomic mass is 9.97. The van der Waals surface area contributed by atoms with E-state index in [1.165, 1.54) is 5.56 Å². The molecular weight excluding hydrogens is 276 g/mol. The first-order valence-electron chi connectivity index (χ1n) is 7.42. The van der Waals surface area contributed by atoms with E-state index in [0.29, 0.717) is 19.0 Å². The van der Waals surface area contributed by atoms with Gasteiger partial charge in [-0.3, -0.25) is 4.68 Å². The Morgan fingerprint density at radius 1 is 1.32 bits per heavy atom. The molecule has 1 aliphatic rings. The molecule has 0 unspecified atom stereocenters. The number of fused-ring (bicyclic) bond motifs is 1. The van der Waals surface area contributed by atoms with Crippen LogP contribution in [0.15, 0.2) is 18.2 Å². The van der Waals surface area contributed by atoms with Crippen molar-refractivity contribution in [1.29, 1.82) is 5.26 Å². The molecule has 0 aliphatic carbocycles. The van der Waals surface area contributed by atoms with E-state index >= 15 is 0 Å². The largest absolute Gasteiger partial charge is 0.496 e. The van der Waals surface area contributed by atoms with Crippen LogP contribution in [0.4, 0.5) is 0 Å². The number of hydrogen-bond donors (Lipinski definition) is 0. The molecule has 1 aromatic carbocycles. The number of rotatable bonds is 3. The van der Waals surface area contributed by atoms with Crippen molar-refractivity contribution < 1.29 is 4.74 Å². The number of benzene rings is 1. The number of aromatic nitrogens is 2. The van der Waals surface area contributed by atoms with Gasteiger partial charge < -0.3 is 9.64 Å². The average molecular weight is 296 g/mol. The van der Waals surface area contributed by atoms with Crippen LogP contribution in [0.3, 0.4) is 0 Å². The van der Waals surface area contributed by atoms with Crippen molar-refractivity contribution in [3.63, 3.8) is 0 Å². The molecule has 0 saturated heterocycles. The molecule has 114 valence electrons. The van der Waals surface area contributed by atoms with Gasteiger partial charge in [-0.25, -0.2) is 0 Å². The second kappa shape index (κ2) is 5.38. The SMILES string of the molecule is COc1ccc(C(C)C)cc1-c1nn(C)c2c1CN(C#N)C2. The van der Waals surface area contributed by atoms with Gasteiger partial charge in [0.25, 0.3) is 0 Å². The lowest BCUT2D eigenvalue weighted by Gasteiger charge is -2.13. The number of ether oxygens (including phenoxy) is 1. The predicted molar refractivity (Wildman–Crippen MR) is 84.1 cm³/mol. The molecule has 1 aliphatic heterocycles. The molecule has 22 heavy (non-hydrogen) atoms. The van der Waals surface area contributed by atoms with Crippen molar-refractivity contribution in [1.82, 2.24) is 14.7 Å². The summed E-state index contributed by atoms with van der Waals surface area (Å²) < 4.78 is 7.41. The minimum atomic E-state index is 0.442. The fourth-order valence-corrected chi connectivity index (χ4v) is 2.95. The highest BCUT2D eigenvalue weighted by Gasteiger charge is 2.28. The van der Waals surface area contributed by atoms with Crippen LogP contribution in [0.2, 0.25) is 0 Å². The van der Waals surface area contributed by atoms with Crippen molar-refractivity contribution in [3.8, 4) is 23.2 Å². The highest BCUT2D eigenvalue weighted by atomic mass is 16.5. The molecular formula is C17H20N4O. The summed E-state index contributed by atoms with van der Waals surface area (Å²) in [4.78, 5) is 1.74. The summed E-state index contributed by atoms with van der Waals surface area (Å²) in [6.45, 7) is 5.59. The van der Waals surface area contributed by atoms with Gasteiger partial charge in [-0.2, -0.15) is 10.4 Å². The van der Waals surface area contributed by atoms with Crippen LogP contribution in [0.1, 0.15) is 36.6 Å². The van der Waals surface area contributed by atoms with Gasteiger partial charge in [-0.15, -0.1) is 0 Å². The maximum atomic E-state index is 9.15. The first-order chi connectivity index (χ1) is 10.5. The van der Waals surface area contributed by atoms with Crippen molar-refractivity contribution >= 4 is 0 Å². The van der Waals surface area contributed by atoms with Crippen LogP contribution in [0.25, 0.3) is 11.3 Å². The third-order valence-corrected chi connectivity index (χ3v) is 4.25. The highest BCUT2D eigenvalue weighted by molar-refractivity contribution is 5.72. The molecule has 5 heteroatoms. The minimum Gasteiger partial charge on any atom is -0.496 e. The Balaban J connectivity index is 2.15. The van der Waals surface area contributed by atoms with E-state index in [2.05, 4.69) is 37.3 Å². The van der Waals surface area contributed by atoms with Gasteiger partial charge in [0.05, 0.1) is 25.9 Å². The van der Waals surface area contributed by atoms with Crippen LogP contribution in [-0.4, -0.2) is 21.8 Å². The summed E-state index contributed by atoms with van der Waals surface area (Å²) in [6.07, 6.45) is 2.22. The lowest BCUT2D eigenvalue weighted by molar-refractivity contribution is 0.404. The van der Waals surface area contributed by atoms with Crippen molar-refractivity contribution in [2.75, 3.05) is 7.11 Å². The van der Waals surface area contributed by atoms with Gasteiger partial charge in [0.1, 0.15) is 11.4 Å². The van der Waals surface area contributed by atoms with Crippen molar-refractivity contribution in [3.05, 3.63) is 35.0 Å². The Hall–Kier alpha value is -2.48. The molecule has 2 aromatic rings. The van der Waals surface area contributed by atoms with E-state index in [0.717, 1.165) is 28.3 Å². The number of nitrogens with zero attached hydrogens (tertiary/aromatic N) is 4. The van der Waals surface area contributed by atoms with Crippen LogP contribution < -0.4 is 4.74 Å². The van der Waals surface area contributed by atoms with Crippen LogP contribution in [0.5, 0.6) is 5.75 Å². The molecule has 1 aromatic heterocycles. The third-order valence-electron chi connectivity index (χ3n) is 4.25. The average Bonchev–Trinajstić information content (AvgIpc) is 3.07. The zero-order valence-corrected chi connectivity index (χ0v) is 13.4. The number of aryl methyl sites for hydroxylation is 1. The van der Waals surface area contributed by atoms with E-state index in [9.17, 15) is 0 Å². The Kier molecular flexibility index (Phi) is 3.53. The van der Waals surface area contributed by atoms with Gasteiger partial charge in [0.2, 0.25) is 0 Å². The summed E-state index contributed by atoms with van der Waals surface area (Å²) in [5.41, 5.74) is 5.42. The standard InChI is InChI=1S/C17H20N4O/c1-11(2)12-5-6-16(22-4)13(7-12)17-14-8-21(10-18)9-15(14)20(3)19-17/h5-7,11H,8-9H2,1-4H3. The fraction of sp³-hybridized carbons (Fsp3) is 0.412. The van der Waals surface area contributed by atoms with E-state index < -0.39 is 0 Å². The van der Waals surface area contributed by atoms with Crippen LogP contribution >= 0.6 is 0 Å². The van der Waals surface area contributed by atoms with Crippen LogP contribution in [-0.2, 0) is 20.1 Å². The smallest absolute Gasteiger partial charge is 0.180 e. The third kappa shape index (κ3) is 2.21. The summed E-state index contributed by atoms with van der Waals surface area (Å²) in [5, 5.41) is 13.8. The molecule has 2 heterocycles. The van der Waals surface area contributed by atoms with Crippen molar-refractivity contribution in [2.24, 2.45) is 7.05 Å². The zero-order chi connectivity index (χ0) is 15.9. The molecule has 0 fully saturated rings. The second-order valence-corrected chi connectivity index (χ2v) is 5.97. The quantitative estimate of drug-likeness (QED) is 0.817. The van der Waals surface area contributed by atoms with Gasteiger partial charge in [0, 0.05) is 18.2 Å². The number of methoxy groups -OCH3 is 1. The highest BCUT2D eigenvalue weighted by Crippen LogP contribution is 2.37. The molecule has 0 radical (unpaired) electrons. The summed E-state index contributed by atoms with van der Waals surface area (Å²) in [7, 11) is 3.61. The first-order valence-corrected chi connectivity index (χ1v) is 7.42. The zero-order valence-electron chi connectivity index (χ0n) is 13.4. The predicted octanol–water partition coefficient (Wildman–Crippen LogP) is 3.02. The molecule has 0 saturated carbocycles. The van der Waals surface area contributed by atoms with Crippen LogP contribution in [0, 0.1) is 11.5 Å². The van der Waals surface area contributed by atoms with E-state index in [-0.39, 0.29) is 0 Å².